The quantitative estimate of drug-likeness (QED) is 0.839. The smallest absolute Gasteiger partial charge is 0.241 e. The molecule has 0 aromatic heterocycles. The molecule has 1 saturated heterocycles. The van der Waals surface area contributed by atoms with Gasteiger partial charge in [-0.3, -0.25) is 10.1 Å². The third-order valence-electron chi connectivity index (χ3n) is 4.07. The van der Waals surface area contributed by atoms with Gasteiger partial charge in [0.25, 0.3) is 0 Å². The van der Waals surface area contributed by atoms with Gasteiger partial charge < -0.3 is 4.90 Å². The second-order valence-electron chi connectivity index (χ2n) is 5.53. The first kappa shape index (κ1) is 16.4. The molecule has 0 radical (unpaired) electrons. The van der Waals surface area contributed by atoms with Gasteiger partial charge in [-0.15, -0.1) is 0 Å². The fraction of sp³-hybridized carbons (Fsp3) is 0.588. The van der Waals surface area contributed by atoms with Crippen LogP contribution < -0.4 is 5.32 Å². The molecule has 1 aliphatic heterocycles. The van der Waals surface area contributed by atoms with Gasteiger partial charge in [-0.1, -0.05) is 44.5 Å². The highest BCUT2D eigenvalue weighted by molar-refractivity contribution is 7.98. The molecule has 1 amide bonds. The molecule has 0 spiro atoms. The Bertz CT molecular complexity index is 460. The van der Waals surface area contributed by atoms with Gasteiger partial charge in [0.15, 0.2) is 0 Å². The lowest BCUT2D eigenvalue weighted by molar-refractivity contribution is -0.130. The molecule has 2 unspecified atom stereocenters. The lowest BCUT2D eigenvalue weighted by Gasteiger charge is -2.24. The molecule has 116 valence electrons. The zero-order chi connectivity index (χ0) is 15.2. The number of amides is 1. The maximum absolute atomic E-state index is 12.6. The Morgan fingerprint density at radius 1 is 1.24 bits per heavy atom. The molecule has 2 atom stereocenters. The van der Waals surface area contributed by atoms with Gasteiger partial charge in [-0.05, 0) is 30.2 Å². The number of hydrogen-bond acceptors (Lipinski definition) is 3. The van der Waals surface area contributed by atoms with Crippen molar-refractivity contribution in [3.63, 3.8) is 0 Å². The van der Waals surface area contributed by atoms with Gasteiger partial charge in [0, 0.05) is 12.3 Å². The summed E-state index contributed by atoms with van der Waals surface area (Å²) in [5, 5.41) is 3.52. The molecule has 1 heterocycles. The number of carbonyl (C=O) groups excluding carboxylic acids is 1. The normalized spacial score (nSPS) is 22.0. The summed E-state index contributed by atoms with van der Waals surface area (Å²) in [5.74, 6) is 1.24. The zero-order valence-corrected chi connectivity index (χ0v) is 14.1. The van der Waals surface area contributed by atoms with E-state index in [2.05, 4.69) is 49.7 Å². The number of hydrogen-bond donors (Lipinski definition) is 1. The van der Waals surface area contributed by atoms with Gasteiger partial charge in [-0.2, -0.15) is 11.8 Å². The Labute approximate surface area is 132 Å². The van der Waals surface area contributed by atoms with Crippen LogP contribution in [0, 0.1) is 0 Å². The van der Waals surface area contributed by atoms with Gasteiger partial charge in [0.1, 0.15) is 6.17 Å². The summed E-state index contributed by atoms with van der Waals surface area (Å²) in [4.78, 5) is 14.6. The third kappa shape index (κ3) is 3.80. The molecule has 1 aromatic carbocycles. The minimum Gasteiger partial charge on any atom is -0.321 e. The van der Waals surface area contributed by atoms with Crippen LogP contribution in [0.4, 0.5) is 0 Å². The fourth-order valence-electron chi connectivity index (χ4n) is 2.82. The lowest BCUT2D eigenvalue weighted by atomic mass is 10.1. The van der Waals surface area contributed by atoms with E-state index in [0.29, 0.717) is 0 Å². The summed E-state index contributed by atoms with van der Waals surface area (Å²) in [5.41, 5.74) is 2.53. The third-order valence-corrected chi connectivity index (χ3v) is 4.66. The molecule has 21 heavy (non-hydrogen) atoms. The van der Waals surface area contributed by atoms with Gasteiger partial charge in [-0.25, -0.2) is 0 Å². The van der Waals surface area contributed by atoms with Crippen molar-refractivity contribution < 1.29 is 4.79 Å². The van der Waals surface area contributed by atoms with Crippen molar-refractivity contribution in [3.05, 3.63) is 35.4 Å². The van der Waals surface area contributed by atoms with E-state index < -0.39 is 0 Å². The van der Waals surface area contributed by atoms with Crippen LogP contribution in [0.25, 0.3) is 0 Å². The van der Waals surface area contributed by atoms with Crippen LogP contribution >= 0.6 is 11.8 Å². The van der Waals surface area contributed by atoms with Crippen molar-refractivity contribution >= 4 is 17.7 Å². The molecule has 4 heteroatoms. The fourth-order valence-corrected chi connectivity index (χ4v) is 3.19. The number of rotatable bonds is 7. The number of carbonyl (C=O) groups is 1. The summed E-state index contributed by atoms with van der Waals surface area (Å²) < 4.78 is 0. The molecule has 1 fully saturated rings. The number of nitrogens with zero attached hydrogens (tertiary/aromatic N) is 1. The van der Waals surface area contributed by atoms with E-state index in [0.717, 1.165) is 31.6 Å². The summed E-state index contributed by atoms with van der Waals surface area (Å²) in [7, 11) is 0. The van der Waals surface area contributed by atoms with E-state index in [9.17, 15) is 4.79 Å². The number of aryl methyl sites for hydroxylation is 1. The van der Waals surface area contributed by atoms with Crippen molar-refractivity contribution in [2.45, 2.75) is 45.3 Å². The molecule has 0 saturated carbocycles. The molecule has 2 rings (SSSR count). The van der Waals surface area contributed by atoms with E-state index in [1.807, 2.05) is 4.90 Å². The predicted molar refractivity (Wildman–Crippen MR) is 90.5 cm³/mol. The minimum absolute atomic E-state index is 0.0206. The molecule has 1 N–H and O–H groups in total. The topological polar surface area (TPSA) is 32.3 Å². The van der Waals surface area contributed by atoms with Crippen LogP contribution in [0.1, 0.15) is 44.0 Å². The second-order valence-corrected chi connectivity index (χ2v) is 6.52. The number of thioether (sulfide) groups is 1. The molecule has 1 aromatic rings. The van der Waals surface area contributed by atoms with Gasteiger partial charge in [0.05, 0.1) is 6.04 Å². The van der Waals surface area contributed by atoms with Crippen LogP contribution in [-0.4, -0.2) is 35.4 Å². The molecule has 1 aliphatic rings. The highest BCUT2D eigenvalue weighted by Gasteiger charge is 2.38. The Morgan fingerprint density at radius 3 is 2.52 bits per heavy atom. The van der Waals surface area contributed by atoms with Crippen LogP contribution in [0.15, 0.2) is 24.3 Å². The Morgan fingerprint density at radius 2 is 1.95 bits per heavy atom. The summed E-state index contributed by atoms with van der Waals surface area (Å²) >= 11 is 1.79. The monoisotopic (exact) mass is 306 g/mol. The summed E-state index contributed by atoms with van der Waals surface area (Å²) in [6, 6.07) is 8.63. The van der Waals surface area contributed by atoms with Gasteiger partial charge >= 0.3 is 0 Å². The van der Waals surface area contributed by atoms with Crippen LogP contribution in [0.5, 0.6) is 0 Å². The van der Waals surface area contributed by atoms with Crippen molar-refractivity contribution in [2.24, 2.45) is 0 Å². The first-order chi connectivity index (χ1) is 10.2. The maximum atomic E-state index is 12.6. The zero-order valence-electron chi connectivity index (χ0n) is 13.3. The number of benzene rings is 1. The molecular weight excluding hydrogens is 280 g/mol. The summed E-state index contributed by atoms with van der Waals surface area (Å²) in [6.07, 6.45) is 5.11. The lowest BCUT2D eigenvalue weighted by Crippen LogP contribution is -2.33. The first-order valence-electron chi connectivity index (χ1n) is 7.85. The summed E-state index contributed by atoms with van der Waals surface area (Å²) in [6.45, 7) is 5.10. The maximum Gasteiger partial charge on any atom is 0.241 e. The van der Waals surface area contributed by atoms with Crippen LogP contribution in [-0.2, 0) is 11.2 Å². The minimum atomic E-state index is -0.0206. The van der Waals surface area contributed by atoms with Crippen LogP contribution in [0.3, 0.4) is 0 Å². The van der Waals surface area contributed by atoms with E-state index in [1.165, 1.54) is 11.1 Å². The average Bonchev–Trinajstić information content (AvgIpc) is 2.82. The highest BCUT2D eigenvalue weighted by Crippen LogP contribution is 2.27. The Kier molecular flexibility index (Phi) is 6.12. The molecule has 0 bridgehead atoms. The molecular formula is C17H26N2OS. The first-order valence-corrected chi connectivity index (χ1v) is 9.25. The van der Waals surface area contributed by atoms with E-state index >= 15 is 0 Å². The van der Waals surface area contributed by atoms with Gasteiger partial charge in [0.2, 0.25) is 5.91 Å². The van der Waals surface area contributed by atoms with Crippen LogP contribution in [0.2, 0.25) is 0 Å². The second kappa shape index (κ2) is 7.85. The van der Waals surface area contributed by atoms with Crippen molar-refractivity contribution in [2.75, 3.05) is 18.6 Å². The molecule has 0 aliphatic carbocycles. The Hall–Kier alpha value is -1.00. The molecule has 3 nitrogen and oxygen atoms in total. The largest absolute Gasteiger partial charge is 0.321 e. The van der Waals surface area contributed by atoms with Crippen molar-refractivity contribution in [3.8, 4) is 0 Å². The van der Waals surface area contributed by atoms with Crippen molar-refractivity contribution in [1.82, 2.24) is 10.2 Å². The average molecular weight is 306 g/mol. The highest BCUT2D eigenvalue weighted by atomic mass is 32.2. The van der Waals surface area contributed by atoms with E-state index in [1.54, 1.807) is 11.8 Å². The SMILES string of the molecule is CCCC1NC(c2ccc(CC)cc2)N(CCSC)C1=O. The van der Waals surface area contributed by atoms with E-state index in [4.69, 9.17) is 0 Å². The Balaban J connectivity index is 2.18. The van der Waals surface area contributed by atoms with E-state index in [-0.39, 0.29) is 18.1 Å². The number of nitrogens with one attached hydrogen (secondary N) is 1. The standard InChI is InChI=1S/C17H26N2OS/c1-4-6-15-17(20)19(11-12-21-3)16(18-15)14-9-7-13(5-2)8-10-14/h7-10,15-16,18H,4-6,11-12H2,1-3H3. The predicted octanol–water partition coefficient (Wildman–Crippen LogP) is 3.21. The van der Waals surface area contributed by atoms with Crippen molar-refractivity contribution in [1.29, 1.82) is 0 Å².